The van der Waals surface area contributed by atoms with Crippen LogP contribution < -0.4 is 5.32 Å². The fourth-order valence-electron chi connectivity index (χ4n) is 2.42. The van der Waals surface area contributed by atoms with Gasteiger partial charge in [-0.1, -0.05) is 42.0 Å². The molecule has 0 saturated heterocycles. The Hall–Kier alpha value is -2.88. The minimum atomic E-state index is -0.0452. The standard InChI is InChI=1S/C19H19N3O/c1-15-3-2-4-18(11-15)19(23)21-12-16-5-7-17(8-6-16)13-22-10-9-20-14-22/h2-11,14H,12-13H2,1H3,(H,21,23). The Labute approximate surface area is 135 Å². The van der Waals surface area contributed by atoms with Gasteiger partial charge in [-0.3, -0.25) is 4.79 Å². The molecule has 3 rings (SSSR count). The number of hydrogen-bond acceptors (Lipinski definition) is 2. The maximum Gasteiger partial charge on any atom is 0.251 e. The lowest BCUT2D eigenvalue weighted by Crippen LogP contribution is -2.22. The molecule has 23 heavy (non-hydrogen) atoms. The van der Waals surface area contributed by atoms with Crippen LogP contribution in [0.5, 0.6) is 0 Å². The van der Waals surface area contributed by atoms with Crippen molar-refractivity contribution in [2.75, 3.05) is 0 Å². The molecule has 0 bridgehead atoms. The largest absolute Gasteiger partial charge is 0.348 e. The Kier molecular flexibility index (Phi) is 4.52. The normalized spacial score (nSPS) is 10.5. The van der Waals surface area contributed by atoms with Crippen molar-refractivity contribution in [2.45, 2.75) is 20.0 Å². The first-order valence-electron chi connectivity index (χ1n) is 7.59. The lowest BCUT2D eigenvalue weighted by Gasteiger charge is -2.07. The second-order valence-electron chi connectivity index (χ2n) is 5.60. The van der Waals surface area contributed by atoms with Crippen LogP contribution in [-0.4, -0.2) is 15.5 Å². The van der Waals surface area contributed by atoms with Crippen molar-refractivity contribution in [2.24, 2.45) is 0 Å². The molecule has 0 unspecified atom stereocenters. The number of aromatic nitrogens is 2. The van der Waals surface area contributed by atoms with Crippen LogP contribution >= 0.6 is 0 Å². The van der Waals surface area contributed by atoms with Gasteiger partial charge in [0, 0.05) is 31.0 Å². The number of carbonyl (C=O) groups excluding carboxylic acids is 1. The molecule has 3 aromatic rings. The molecule has 0 radical (unpaired) electrons. The van der Waals surface area contributed by atoms with E-state index in [2.05, 4.69) is 22.4 Å². The maximum atomic E-state index is 12.1. The van der Waals surface area contributed by atoms with Crippen LogP contribution in [0.4, 0.5) is 0 Å². The summed E-state index contributed by atoms with van der Waals surface area (Å²) in [6.45, 7) is 3.31. The number of nitrogens with zero attached hydrogens (tertiary/aromatic N) is 2. The van der Waals surface area contributed by atoms with Gasteiger partial charge >= 0.3 is 0 Å². The second-order valence-corrected chi connectivity index (χ2v) is 5.60. The molecule has 1 N–H and O–H groups in total. The molecule has 0 aliphatic carbocycles. The summed E-state index contributed by atoms with van der Waals surface area (Å²) in [5, 5.41) is 2.95. The van der Waals surface area contributed by atoms with Crippen molar-refractivity contribution < 1.29 is 4.79 Å². The lowest BCUT2D eigenvalue weighted by atomic mass is 10.1. The number of imidazole rings is 1. The van der Waals surface area contributed by atoms with E-state index < -0.39 is 0 Å². The third-order valence-corrected chi connectivity index (χ3v) is 3.68. The average Bonchev–Trinajstić information content (AvgIpc) is 3.07. The predicted octanol–water partition coefficient (Wildman–Crippen LogP) is 3.17. The Balaban J connectivity index is 1.57. The summed E-state index contributed by atoms with van der Waals surface area (Å²) in [5.41, 5.74) is 4.07. The third-order valence-electron chi connectivity index (χ3n) is 3.68. The van der Waals surface area contributed by atoms with E-state index >= 15 is 0 Å². The molecular formula is C19H19N3O. The zero-order valence-corrected chi connectivity index (χ0v) is 13.1. The molecule has 0 spiro atoms. The highest BCUT2D eigenvalue weighted by atomic mass is 16.1. The van der Waals surface area contributed by atoms with Crippen LogP contribution in [0.25, 0.3) is 0 Å². The van der Waals surface area contributed by atoms with Crippen molar-refractivity contribution in [3.63, 3.8) is 0 Å². The van der Waals surface area contributed by atoms with E-state index in [4.69, 9.17) is 0 Å². The first-order chi connectivity index (χ1) is 11.2. The minimum absolute atomic E-state index is 0.0452. The van der Waals surface area contributed by atoms with Gasteiger partial charge < -0.3 is 9.88 Å². The first kappa shape index (κ1) is 15.0. The van der Waals surface area contributed by atoms with E-state index in [1.54, 1.807) is 12.5 Å². The molecule has 0 atom stereocenters. The van der Waals surface area contributed by atoms with Crippen molar-refractivity contribution in [1.29, 1.82) is 0 Å². The van der Waals surface area contributed by atoms with Gasteiger partial charge in [-0.2, -0.15) is 0 Å². The molecule has 0 aliphatic heterocycles. The van der Waals surface area contributed by atoms with E-state index in [-0.39, 0.29) is 5.91 Å². The topological polar surface area (TPSA) is 46.9 Å². The highest BCUT2D eigenvalue weighted by Gasteiger charge is 2.05. The summed E-state index contributed by atoms with van der Waals surface area (Å²) in [6, 6.07) is 15.8. The zero-order chi connectivity index (χ0) is 16.1. The second kappa shape index (κ2) is 6.92. The predicted molar refractivity (Wildman–Crippen MR) is 90.1 cm³/mol. The van der Waals surface area contributed by atoms with Crippen LogP contribution in [0.15, 0.2) is 67.3 Å². The Morgan fingerprint density at radius 3 is 2.61 bits per heavy atom. The van der Waals surface area contributed by atoms with Crippen LogP contribution in [0.2, 0.25) is 0 Å². The molecule has 1 amide bonds. The van der Waals surface area contributed by atoms with Crippen LogP contribution in [0, 0.1) is 6.92 Å². The maximum absolute atomic E-state index is 12.1. The van der Waals surface area contributed by atoms with E-state index in [1.807, 2.05) is 54.1 Å². The monoisotopic (exact) mass is 305 g/mol. The van der Waals surface area contributed by atoms with Gasteiger partial charge in [0.15, 0.2) is 0 Å². The molecule has 0 saturated carbocycles. The highest BCUT2D eigenvalue weighted by molar-refractivity contribution is 5.94. The number of aryl methyl sites for hydroxylation is 1. The Morgan fingerprint density at radius 1 is 1.13 bits per heavy atom. The van der Waals surface area contributed by atoms with Gasteiger partial charge in [0.25, 0.3) is 5.91 Å². The fraction of sp³-hybridized carbons (Fsp3) is 0.158. The molecule has 4 heteroatoms. The molecule has 0 fully saturated rings. The van der Waals surface area contributed by atoms with Crippen molar-refractivity contribution in [1.82, 2.24) is 14.9 Å². The van der Waals surface area contributed by atoms with Crippen molar-refractivity contribution in [3.8, 4) is 0 Å². The van der Waals surface area contributed by atoms with E-state index in [0.29, 0.717) is 12.1 Å². The van der Waals surface area contributed by atoms with Gasteiger partial charge in [-0.05, 0) is 30.2 Å². The summed E-state index contributed by atoms with van der Waals surface area (Å²) in [4.78, 5) is 16.2. The van der Waals surface area contributed by atoms with Crippen molar-refractivity contribution >= 4 is 5.91 Å². The summed E-state index contributed by atoms with van der Waals surface area (Å²) < 4.78 is 2.02. The Morgan fingerprint density at radius 2 is 1.91 bits per heavy atom. The minimum Gasteiger partial charge on any atom is -0.348 e. The summed E-state index contributed by atoms with van der Waals surface area (Å²) in [7, 11) is 0. The van der Waals surface area contributed by atoms with E-state index in [0.717, 1.165) is 17.7 Å². The SMILES string of the molecule is Cc1cccc(C(=O)NCc2ccc(Cn3ccnc3)cc2)c1. The van der Waals surface area contributed by atoms with Gasteiger partial charge in [0.2, 0.25) is 0 Å². The molecule has 1 aromatic heterocycles. The smallest absolute Gasteiger partial charge is 0.251 e. The number of rotatable bonds is 5. The molecule has 0 aliphatic rings. The summed E-state index contributed by atoms with van der Waals surface area (Å²) >= 11 is 0. The number of nitrogens with one attached hydrogen (secondary N) is 1. The van der Waals surface area contributed by atoms with Crippen LogP contribution in [0.1, 0.15) is 27.0 Å². The Bertz CT molecular complexity index is 777. The van der Waals surface area contributed by atoms with E-state index in [9.17, 15) is 4.79 Å². The molecule has 2 aromatic carbocycles. The molecular weight excluding hydrogens is 286 g/mol. The van der Waals surface area contributed by atoms with Crippen LogP contribution in [-0.2, 0) is 13.1 Å². The van der Waals surface area contributed by atoms with Crippen molar-refractivity contribution in [3.05, 3.63) is 89.5 Å². The quantitative estimate of drug-likeness (QED) is 0.787. The van der Waals surface area contributed by atoms with Gasteiger partial charge in [0.05, 0.1) is 6.33 Å². The van der Waals surface area contributed by atoms with E-state index in [1.165, 1.54) is 5.56 Å². The van der Waals surface area contributed by atoms with Gasteiger partial charge in [0.1, 0.15) is 0 Å². The fourth-order valence-corrected chi connectivity index (χ4v) is 2.42. The number of benzene rings is 2. The zero-order valence-electron chi connectivity index (χ0n) is 13.1. The summed E-state index contributed by atoms with van der Waals surface area (Å²) in [6.07, 6.45) is 5.52. The number of hydrogen-bond donors (Lipinski definition) is 1. The van der Waals surface area contributed by atoms with Crippen LogP contribution in [0.3, 0.4) is 0 Å². The number of amides is 1. The lowest BCUT2D eigenvalue weighted by molar-refractivity contribution is 0.0951. The highest BCUT2D eigenvalue weighted by Crippen LogP contribution is 2.08. The molecule has 4 nitrogen and oxygen atoms in total. The first-order valence-corrected chi connectivity index (χ1v) is 7.59. The molecule has 116 valence electrons. The number of carbonyl (C=O) groups is 1. The summed E-state index contributed by atoms with van der Waals surface area (Å²) in [5.74, 6) is -0.0452. The molecule has 1 heterocycles. The van der Waals surface area contributed by atoms with Gasteiger partial charge in [-0.25, -0.2) is 4.98 Å². The average molecular weight is 305 g/mol. The third kappa shape index (κ3) is 4.07. The van der Waals surface area contributed by atoms with Gasteiger partial charge in [-0.15, -0.1) is 0 Å².